The monoisotopic (exact) mass is 267 g/mol. The lowest BCUT2D eigenvalue weighted by molar-refractivity contribution is 0.00690. The summed E-state index contributed by atoms with van der Waals surface area (Å²) < 4.78 is 5.88. The number of hydrogen-bond donors (Lipinski definition) is 1. The van der Waals surface area contributed by atoms with E-state index in [2.05, 4.69) is 19.2 Å². The van der Waals surface area contributed by atoms with Gasteiger partial charge in [-0.3, -0.25) is 0 Å². The minimum atomic E-state index is 0.553. The first kappa shape index (κ1) is 15.3. The van der Waals surface area contributed by atoms with Crippen LogP contribution in [-0.2, 0) is 4.74 Å². The predicted octanol–water partition coefficient (Wildman–Crippen LogP) is 4.14. The van der Waals surface area contributed by atoms with Gasteiger partial charge >= 0.3 is 0 Å². The lowest BCUT2D eigenvalue weighted by Gasteiger charge is -2.34. The zero-order valence-corrected chi connectivity index (χ0v) is 13.0. The highest BCUT2D eigenvalue weighted by atomic mass is 16.5. The van der Waals surface area contributed by atoms with Gasteiger partial charge in [-0.2, -0.15) is 0 Å². The molecule has 0 amide bonds. The van der Waals surface area contributed by atoms with Gasteiger partial charge in [0.2, 0.25) is 0 Å². The Labute approximate surface area is 119 Å². The largest absolute Gasteiger partial charge is 0.378 e. The molecule has 0 bridgehead atoms. The molecule has 2 fully saturated rings. The van der Waals surface area contributed by atoms with E-state index >= 15 is 0 Å². The molecule has 2 aliphatic rings. The molecule has 2 atom stereocenters. The Morgan fingerprint density at radius 2 is 1.89 bits per heavy atom. The molecular formula is C17H33NO. The summed E-state index contributed by atoms with van der Waals surface area (Å²) in [5.41, 5.74) is 0. The summed E-state index contributed by atoms with van der Waals surface area (Å²) >= 11 is 0. The van der Waals surface area contributed by atoms with Crippen molar-refractivity contribution in [3.63, 3.8) is 0 Å². The first-order chi connectivity index (χ1) is 9.29. The van der Waals surface area contributed by atoms with Gasteiger partial charge < -0.3 is 10.1 Å². The van der Waals surface area contributed by atoms with Gasteiger partial charge in [0, 0.05) is 12.6 Å². The second-order valence-corrected chi connectivity index (χ2v) is 6.75. The summed E-state index contributed by atoms with van der Waals surface area (Å²) in [7, 11) is 0. The maximum Gasteiger partial charge on any atom is 0.0575 e. The van der Waals surface area contributed by atoms with Crippen molar-refractivity contribution in [2.45, 2.75) is 83.8 Å². The quantitative estimate of drug-likeness (QED) is 0.781. The Morgan fingerprint density at radius 1 is 1.11 bits per heavy atom. The Morgan fingerprint density at radius 3 is 2.53 bits per heavy atom. The second kappa shape index (κ2) is 8.26. The Bertz CT molecular complexity index is 229. The SMILES string of the molecule is CCNC(CCC1CCCCO1)C1CCC(C)CC1. The molecule has 0 spiro atoms. The molecule has 1 aliphatic heterocycles. The second-order valence-electron chi connectivity index (χ2n) is 6.75. The van der Waals surface area contributed by atoms with Crippen LogP contribution in [0.25, 0.3) is 0 Å². The Balaban J connectivity index is 1.74. The van der Waals surface area contributed by atoms with Gasteiger partial charge in [0.15, 0.2) is 0 Å². The summed E-state index contributed by atoms with van der Waals surface area (Å²) in [4.78, 5) is 0. The predicted molar refractivity (Wildman–Crippen MR) is 81.4 cm³/mol. The highest BCUT2D eigenvalue weighted by Crippen LogP contribution is 2.32. The molecule has 1 saturated heterocycles. The van der Waals surface area contributed by atoms with Crippen LogP contribution < -0.4 is 5.32 Å². The summed E-state index contributed by atoms with van der Waals surface area (Å²) in [5.74, 6) is 1.87. The van der Waals surface area contributed by atoms with Crippen molar-refractivity contribution in [1.82, 2.24) is 5.32 Å². The molecule has 2 unspecified atom stereocenters. The van der Waals surface area contributed by atoms with Crippen molar-refractivity contribution in [3.8, 4) is 0 Å². The maximum atomic E-state index is 5.88. The smallest absolute Gasteiger partial charge is 0.0575 e. The van der Waals surface area contributed by atoms with E-state index in [1.807, 2.05) is 0 Å². The number of nitrogens with one attached hydrogen (secondary N) is 1. The molecule has 2 heteroatoms. The fourth-order valence-corrected chi connectivity index (χ4v) is 3.86. The van der Waals surface area contributed by atoms with Crippen molar-refractivity contribution in [1.29, 1.82) is 0 Å². The van der Waals surface area contributed by atoms with Crippen LogP contribution >= 0.6 is 0 Å². The highest BCUT2D eigenvalue weighted by molar-refractivity contribution is 4.82. The third-order valence-corrected chi connectivity index (χ3v) is 5.17. The summed E-state index contributed by atoms with van der Waals surface area (Å²) in [6.45, 7) is 6.77. The average molecular weight is 267 g/mol. The first-order valence-electron chi connectivity index (χ1n) is 8.64. The number of rotatable bonds is 6. The minimum Gasteiger partial charge on any atom is -0.378 e. The molecule has 2 nitrogen and oxygen atoms in total. The number of hydrogen-bond acceptors (Lipinski definition) is 2. The van der Waals surface area contributed by atoms with Crippen molar-refractivity contribution in [2.75, 3.05) is 13.2 Å². The molecule has 112 valence electrons. The normalized spacial score (nSPS) is 34.1. The maximum absolute atomic E-state index is 5.88. The summed E-state index contributed by atoms with van der Waals surface area (Å²) in [6.07, 6.45) is 12.8. The summed E-state index contributed by atoms with van der Waals surface area (Å²) in [5, 5.41) is 3.75. The molecule has 1 heterocycles. The van der Waals surface area contributed by atoms with Crippen LogP contribution in [0, 0.1) is 11.8 Å². The molecule has 0 aromatic rings. The molecule has 1 saturated carbocycles. The van der Waals surface area contributed by atoms with Gasteiger partial charge in [0.25, 0.3) is 0 Å². The highest BCUT2D eigenvalue weighted by Gasteiger charge is 2.26. The van der Waals surface area contributed by atoms with Crippen LogP contribution in [0.1, 0.15) is 71.6 Å². The molecule has 2 rings (SSSR count). The van der Waals surface area contributed by atoms with E-state index in [9.17, 15) is 0 Å². The van der Waals surface area contributed by atoms with Crippen LogP contribution in [0.2, 0.25) is 0 Å². The van der Waals surface area contributed by atoms with Crippen LogP contribution in [-0.4, -0.2) is 25.3 Å². The lowest BCUT2D eigenvalue weighted by atomic mass is 9.78. The van der Waals surface area contributed by atoms with Crippen molar-refractivity contribution >= 4 is 0 Å². The van der Waals surface area contributed by atoms with Crippen molar-refractivity contribution in [2.24, 2.45) is 11.8 Å². The fraction of sp³-hybridized carbons (Fsp3) is 1.00. The van der Waals surface area contributed by atoms with Gasteiger partial charge in [-0.25, -0.2) is 0 Å². The topological polar surface area (TPSA) is 21.3 Å². The average Bonchev–Trinajstić information content (AvgIpc) is 2.46. The third kappa shape index (κ3) is 5.07. The minimum absolute atomic E-state index is 0.553. The van der Waals surface area contributed by atoms with Crippen LogP contribution in [0.3, 0.4) is 0 Å². The molecule has 0 aromatic heterocycles. The van der Waals surface area contributed by atoms with Crippen LogP contribution in [0.15, 0.2) is 0 Å². The lowest BCUT2D eigenvalue weighted by Crippen LogP contribution is -2.38. The Kier molecular flexibility index (Phi) is 6.66. The van der Waals surface area contributed by atoms with Gasteiger partial charge in [-0.15, -0.1) is 0 Å². The first-order valence-corrected chi connectivity index (χ1v) is 8.64. The van der Waals surface area contributed by atoms with E-state index in [0.717, 1.165) is 31.0 Å². The van der Waals surface area contributed by atoms with E-state index in [0.29, 0.717) is 6.10 Å². The molecule has 1 aliphatic carbocycles. The van der Waals surface area contributed by atoms with Gasteiger partial charge in [-0.1, -0.05) is 26.7 Å². The molecule has 0 radical (unpaired) electrons. The Hall–Kier alpha value is -0.0800. The van der Waals surface area contributed by atoms with Crippen molar-refractivity contribution in [3.05, 3.63) is 0 Å². The van der Waals surface area contributed by atoms with E-state index in [1.165, 1.54) is 57.8 Å². The van der Waals surface area contributed by atoms with Crippen LogP contribution in [0.5, 0.6) is 0 Å². The molecule has 1 N–H and O–H groups in total. The number of ether oxygens (including phenoxy) is 1. The summed E-state index contributed by atoms with van der Waals surface area (Å²) in [6, 6.07) is 0.739. The molecule has 19 heavy (non-hydrogen) atoms. The van der Waals surface area contributed by atoms with Gasteiger partial charge in [0.1, 0.15) is 0 Å². The van der Waals surface area contributed by atoms with Gasteiger partial charge in [0.05, 0.1) is 6.10 Å². The third-order valence-electron chi connectivity index (χ3n) is 5.17. The van der Waals surface area contributed by atoms with Crippen LogP contribution in [0.4, 0.5) is 0 Å². The molecular weight excluding hydrogens is 234 g/mol. The standard InChI is InChI=1S/C17H33NO/c1-3-18-17(15-9-7-14(2)8-10-15)12-11-16-6-4-5-13-19-16/h14-18H,3-13H2,1-2H3. The van der Waals surface area contributed by atoms with E-state index < -0.39 is 0 Å². The van der Waals surface area contributed by atoms with E-state index in [1.54, 1.807) is 0 Å². The van der Waals surface area contributed by atoms with E-state index in [-0.39, 0.29) is 0 Å². The zero-order valence-electron chi connectivity index (χ0n) is 13.0. The van der Waals surface area contributed by atoms with E-state index in [4.69, 9.17) is 4.74 Å². The molecule has 0 aromatic carbocycles. The fourth-order valence-electron chi connectivity index (χ4n) is 3.86. The zero-order chi connectivity index (χ0) is 13.5. The van der Waals surface area contributed by atoms with Crippen molar-refractivity contribution < 1.29 is 4.74 Å². The van der Waals surface area contributed by atoms with Gasteiger partial charge in [-0.05, 0) is 63.3 Å².